The van der Waals surface area contributed by atoms with Crippen molar-refractivity contribution in [2.45, 2.75) is 19.4 Å². The van der Waals surface area contributed by atoms with Gasteiger partial charge in [-0.15, -0.1) is 11.3 Å². The number of hydrogen-bond acceptors (Lipinski definition) is 4. The van der Waals surface area contributed by atoms with E-state index in [0.29, 0.717) is 11.0 Å². The van der Waals surface area contributed by atoms with Gasteiger partial charge in [0.15, 0.2) is 0 Å². The van der Waals surface area contributed by atoms with E-state index in [9.17, 15) is 0 Å². The number of thiophene rings is 1. The van der Waals surface area contributed by atoms with Crippen molar-refractivity contribution in [2.75, 3.05) is 5.32 Å². The molecule has 0 saturated heterocycles. The molecule has 0 spiro atoms. The van der Waals surface area contributed by atoms with Gasteiger partial charge in [0.2, 0.25) is 0 Å². The van der Waals surface area contributed by atoms with Gasteiger partial charge < -0.3 is 11.1 Å². The van der Waals surface area contributed by atoms with E-state index in [1.807, 2.05) is 12.1 Å². The van der Waals surface area contributed by atoms with E-state index in [0.717, 1.165) is 17.8 Å². The second kappa shape index (κ2) is 5.93. The van der Waals surface area contributed by atoms with Crippen molar-refractivity contribution < 1.29 is 0 Å². The quantitative estimate of drug-likeness (QED) is 0.823. The molecule has 94 valence electrons. The standard InChI is InChI=1S/C13H15N3S2/c1-2-10(11-4-3-7-18-11)16-12-6-5-9(8-15-12)13(14)17/h3-8,10H,2H2,1H3,(H2,14,17)(H,15,16). The van der Waals surface area contributed by atoms with Crippen molar-refractivity contribution in [3.63, 3.8) is 0 Å². The molecule has 1 atom stereocenters. The van der Waals surface area contributed by atoms with E-state index in [-0.39, 0.29) is 0 Å². The van der Waals surface area contributed by atoms with E-state index < -0.39 is 0 Å². The third-order valence-electron chi connectivity index (χ3n) is 2.66. The molecule has 3 N–H and O–H groups in total. The van der Waals surface area contributed by atoms with Crippen LogP contribution >= 0.6 is 23.6 Å². The molecule has 3 nitrogen and oxygen atoms in total. The zero-order chi connectivity index (χ0) is 13.0. The lowest BCUT2D eigenvalue weighted by molar-refractivity contribution is 0.759. The summed E-state index contributed by atoms with van der Waals surface area (Å²) in [5.74, 6) is 0.843. The molecule has 0 aliphatic carbocycles. The first-order valence-corrected chi connectivity index (χ1v) is 7.05. The van der Waals surface area contributed by atoms with Gasteiger partial charge in [0, 0.05) is 16.6 Å². The fraction of sp³-hybridized carbons (Fsp3) is 0.231. The van der Waals surface area contributed by atoms with Crippen LogP contribution in [-0.2, 0) is 0 Å². The van der Waals surface area contributed by atoms with Gasteiger partial charge in [0.05, 0.1) is 6.04 Å². The Balaban J connectivity index is 2.10. The molecule has 2 aromatic rings. The summed E-state index contributed by atoms with van der Waals surface area (Å²) >= 11 is 6.65. The molecule has 1 unspecified atom stereocenters. The molecule has 18 heavy (non-hydrogen) atoms. The van der Waals surface area contributed by atoms with Crippen LogP contribution < -0.4 is 11.1 Å². The number of aromatic nitrogens is 1. The molecule has 0 aliphatic heterocycles. The summed E-state index contributed by atoms with van der Waals surface area (Å²) in [7, 11) is 0. The Labute approximate surface area is 116 Å². The number of nitrogens with one attached hydrogen (secondary N) is 1. The average Bonchev–Trinajstić information content (AvgIpc) is 2.90. The van der Waals surface area contributed by atoms with Crippen molar-refractivity contribution in [1.29, 1.82) is 0 Å². The number of anilines is 1. The first kappa shape index (κ1) is 13.0. The molecule has 0 aromatic carbocycles. The molecule has 2 rings (SSSR count). The fourth-order valence-electron chi connectivity index (χ4n) is 1.67. The molecule has 2 heterocycles. The van der Waals surface area contributed by atoms with Crippen LogP contribution in [-0.4, -0.2) is 9.97 Å². The van der Waals surface area contributed by atoms with Gasteiger partial charge in [-0.05, 0) is 30.0 Å². The smallest absolute Gasteiger partial charge is 0.126 e. The lowest BCUT2D eigenvalue weighted by Gasteiger charge is -2.16. The summed E-state index contributed by atoms with van der Waals surface area (Å²) in [6.07, 6.45) is 2.71. The SMILES string of the molecule is CCC(Nc1ccc(C(N)=S)cn1)c1cccs1. The second-order valence-corrected chi connectivity index (χ2v) is 5.34. The molecule has 2 aromatic heterocycles. The highest BCUT2D eigenvalue weighted by Gasteiger charge is 2.10. The maximum Gasteiger partial charge on any atom is 0.126 e. The number of rotatable bonds is 5. The van der Waals surface area contributed by atoms with Gasteiger partial charge in [-0.3, -0.25) is 0 Å². The summed E-state index contributed by atoms with van der Waals surface area (Å²) in [6.45, 7) is 2.15. The molecule has 0 amide bonds. The van der Waals surface area contributed by atoms with E-state index in [1.54, 1.807) is 17.5 Å². The predicted octanol–water partition coefficient (Wildman–Crippen LogP) is 3.34. The second-order valence-electron chi connectivity index (χ2n) is 3.92. The summed E-state index contributed by atoms with van der Waals surface area (Å²) in [5, 5.41) is 5.50. The van der Waals surface area contributed by atoms with E-state index >= 15 is 0 Å². The Morgan fingerprint density at radius 3 is 2.83 bits per heavy atom. The Hall–Kier alpha value is -1.46. The number of nitrogens with zero attached hydrogens (tertiary/aromatic N) is 1. The highest BCUT2D eigenvalue weighted by atomic mass is 32.1. The molecular weight excluding hydrogens is 262 g/mol. The summed E-state index contributed by atoms with van der Waals surface area (Å²) < 4.78 is 0. The van der Waals surface area contributed by atoms with Crippen LogP contribution in [0.15, 0.2) is 35.8 Å². The Morgan fingerprint density at radius 1 is 1.50 bits per heavy atom. The van der Waals surface area contributed by atoms with Crippen LogP contribution in [0.4, 0.5) is 5.82 Å². The maximum absolute atomic E-state index is 5.54. The number of thiocarbonyl (C=S) groups is 1. The maximum atomic E-state index is 5.54. The third-order valence-corrected chi connectivity index (χ3v) is 3.89. The van der Waals surface area contributed by atoms with Crippen molar-refractivity contribution in [3.05, 3.63) is 46.3 Å². The normalized spacial score (nSPS) is 12.1. The van der Waals surface area contributed by atoms with Gasteiger partial charge in [-0.1, -0.05) is 25.2 Å². The van der Waals surface area contributed by atoms with Crippen LogP contribution in [0.3, 0.4) is 0 Å². The predicted molar refractivity (Wildman–Crippen MR) is 81.1 cm³/mol. The minimum Gasteiger partial charge on any atom is -0.389 e. The van der Waals surface area contributed by atoms with Gasteiger partial charge in [0.1, 0.15) is 10.8 Å². The molecule has 0 aliphatic rings. The fourth-order valence-corrected chi connectivity index (χ4v) is 2.65. The minimum absolute atomic E-state index is 0.299. The topological polar surface area (TPSA) is 50.9 Å². The Bertz CT molecular complexity index is 506. The highest BCUT2D eigenvalue weighted by molar-refractivity contribution is 7.80. The molecule has 0 fully saturated rings. The zero-order valence-electron chi connectivity index (χ0n) is 10.1. The van der Waals surface area contributed by atoms with Crippen molar-refractivity contribution in [1.82, 2.24) is 4.98 Å². The zero-order valence-corrected chi connectivity index (χ0v) is 11.7. The van der Waals surface area contributed by atoms with Gasteiger partial charge >= 0.3 is 0 Å². The van der Waals surface area contributed by atoms with Crippen LogP contribution in [0.1, 0.15) is 29.8 Å². The highest BCUT2D eigenvalue weighted by Crippen LogP contribution is 2.25. The largest absolute Gasteiger partial charge is 0.389 e. The third kappa shape index (κ3) is 3.05. The van der Waals surface area contributed by atoms with Crippen LogP contribution in [0, 0.1) is 0 Å². The summed E-state index contributed by atoms with van der Waals surface area (Å²) in [5.41, 5.74) is 6.33. The number of pyridine rings is 1. The van der Waals surface area contributed by atoms with Crippen molar-refractivity contribution in [2.24, 2.45) is 5.73 Å². The lowest BCUT2D eigenvalue weighted by Crippen LogP contribution is -2.12. The van der Waals surface area contributed by atoms with E-state index in [1.165, 1.54) is 4.88 Å². The molecule has 0 saturated carbocycles. The Kier molecular flexibility index (Phi) is 4.28. The number of hydrogen-bond donors (Lipinski definition) is 2. The van der Waals surface area contributed by atoms with Gasteiger partial charge in [-0.2, -0.15) is 0 Å². The van der Waals surface area contributed by atoms with Crippen molar-refractivity contribution >= 4 is 34.4 Å². The van der Waals surface area contributed by atoms with Crippen molar-refractivity contribution in [3.8, 4) is 0 Å². The van der Waals surface area contributed by atoms with Gasteiger partial charge in [0.25, 0.3) is 0 Å². The molecular formula is C13H15N3S2. The first-order chi connectivity index (χ1) is 8.70. The molecule has 0 radical (unpaired) electrons. The molecule has 5 heteroatoms. The Morgan fingerprint density at radius 2 is 2.33 bits per heavy atom. The monoisotopic (exact) mass is 277 g/mol. The minimum atomic E-state index is 0.299. The summed E-state index contributed by atoms with van der Waals surface area (Å²) in [6, 6.07) is 8.29. The van der Waals surface area contributed by atoms with Gasteiger partial charge in [-0.25, -0.2) is 4.98 Å². The first-order valence-electron chi connectivity index (χ1n) is 5.76. The lowest BCUT2D eigenvalue weighted by atomic mass is 10.2. The van der Waals surface area contributed by atoms with Crippen LogP contribution in [0.25, 0.3) is 0 Å². The average molecular weight is 277 g/mol. The van der Waals surface area contributed by atoms with Crippen LogP contribution in [0.2, 0.25) is 0 Å². The van der Waals surface area contributed by atoms with E-state index in [4.69, 9.17) is 18.0 Å². The molecule has 0 bridgehead atoms. The van der Waals surface area contributed by atoms with E-state index in [2.05, 4.69) is 34.7 Å². The summed E-state index contributed by atoms with van der Waals surface area (Å²) in [4.78, 5) is 6.02. The number of nitrogens with two attached hydrogens (primary N) is 1. The van der Waals surface area contributed by atoms with Crippen LogP contribution in [0.5, 0.6) is 0 Å².